The zero-order valence-corrected chi connectivity index (χ0v) is 12.2. The van der Waals surface area contributed by atoms with Crippen molar-refractivity contribution in [3.63, 3.8) is 0 Å². The number of hydrogen-bond donors (Lipinski definition) is 2. The fraction of sp³-hybridized carbons (Fsp3) is 0.133. The van der Waals surface area contributed by atoms with Gasteiger partial charge in [0.25, 0.3) is 0 Å². The number of rotatable bonds is 5. The van der Waals surface area contributed by atoms with Gasteiger partial charge in [-0.3, -0.25) is 10.1 Å². The lowest BCUT2D eigenvalue weighted by Gasteiger charge is -1.98. The second-order valence-electron chi connectivity index (χ2n) is 4.17. The van der Waals surface area contributed by atoms with E-state index in [1.807, 2.05) is 37.3 Å². The van der Waals surface area contributed by atoms with Crippen LogP contribution in [-0.4, -0.2) is 22.0 Å². The van der Waals surface area contributed by atoms with E-state index in [4.69, 9.17) is 5.11 Å². The highest BCUT2D eigenvalue weighted by molar-refractivity contribution is 7.16. The Kier molecular flexibility index (Phi) is 4.84. The number of hydrogen-bond acceptors (Lipinski definition) is 4. The van der Waals surface area contributed by atoms with Crippen molar-refractivity contribution in [2.24, 2.45) is 0 Å². The third kappa shape index (κ3) is 4.00. The van der Waals surface area contributed by atoms with Crippen LogP contribution in [0.5, 0.6) is 0 Å². The Labute approximate surface area is 126 Å². The molecule has 0 spiro atoms. The average Bonchev–Trinajstić information content (AvgIpc) is 2.89. The lowest BCUT2D eigenvalue weighted by atomic mass is 10.1. The second kappa shape index (κ2) is 6.81. The topological polar surface area (TPSA) is 79.3 Å². The molecule has 0 aliphatic carbocycles. The fourth-order valence-electron chi connectivity index (χ4n) is 1.76. The summed E-state index contributed by atoms with van der Waals surface area (Å²) in [4.78, 5) is 27.4. The number of aliphatic carboxylic acids is 1. The van der Waals surface area contributed by atoms with E-state index >= 15 is 0 Å². The van der Waals surface area contributed by atoms with Crippen LogP contribution in [-0.2, 0) is 16.0 Å². The molecule has 2 N–H and O–H groups in total. The Morgan fingerprint density at radius 1 is 1.29 bits per heavy atom. The van der Waals surface area contributed by atoms with E-state index in [1.165, 1.54) is 11.3 Å². The minimum atomic E-state index is -1.16. The average molecular weight is 302 g/mol. The van der Waals surface area contributed by atoms with Gasteiger partial charge in [0.2, 0.25) is 5.91 Å². The molecule has 0 saturated carbocycles. The van der Waals surface area contributed by atoms with Gasteiger partial charge >= 0.3 is 5.97 Å². The molecule has 1 aromatic heterocycles. The number of thiazole rings is 1. The summed E-state index contributed by atoms with van der Waals surface area (Å²) in [6.07, 6.45) is 2.57. The molecule has 1 heterocycles. The highest BCUT2D eigenvalue weighted by Gasteiger charge is 2.12. The summed E-state index contributed by atoms with van der Waals surface area (Å²) in [5.41, 5.74) is 1.84. The van der Waals surface area contributed by atoms with Gasteiger partial charge in [-0.15, -0.1) is 11.3 Å². The van der Waals surface area contributed by atoms with Crippen molar-refractivity contribution in [3.8, 4) is 11.3 Å². The molecule has 0 fully saturated rings. The maximum atomic E-state index is 11.6. The van der Waals surface area contributed by atoms with E-state index < -0.39 is 11.9 Å². The van der Waals surface area contributed by atoms with Crippen LogP contribution in [0.3, 0.4) is 0 Å². The van der Waals surface area contributed by atoms with Crippen LogP contribution < -0.4 is 5.32 Å². The summed E-state index contributed by atoms with van der Waals surface area (Å²) >= 11 is 1.39. The summed E-state index contributed by atoms with van der Waals surface area (Å²) in [5.74, 6) is -1.67. The molecular formula is C15H14N2O3S. The molecule has 5 nitrogen and oxygen atoms in total. The molecule has 0 bridgehead atoms. The summed E-state index contributed by atoms with van der Waals surface area (Å²) in [7, 11) is 0. The van der Waals surface area contributed by atoms with E-state index in [1.54, 1.807) is 0 Å². The predicted molar refractivity (Wildman–Crippen MR) is 82.3 cm³/mol. The Morgan fingerprint density at radius 2 is 2.00 bits per heavy atom. The molecule has 0 aliphatic heterocycles. The van der Waals surface area contributed by atoms with Gasteiger partial charge in [0, 0.05) is 22.6 Å². The number of amides is 1. The van der Waals surface area contributed by atoms with E-state index in [0.29, 0.717) is 5.13 Å². The van der Waals surface area contributed by atoms with E-state index in [2.05, 4.69) is 10.3 Å². The minimum absolute atomic E-state index is 0.464. The Balaban J connectivity index is 2.21. The van der Waals surface area contributed by atoms with Crippen LogP contribution in [0.1, 0.15) is 11.8 Å². The molecule has 0 radical (unpaired) electrons. The zero-order chi connectivity index (χ0) is 15.2. The summed E-state index contributed by atoms with van der Waals surface area (Å²) < 4.78 is 0. The molecule has 21 heavy (non-hydrogen) atoms. The van der Waals surface area contributed by atoms with Gasteiger partial charge in [-0.05, 0) is 6.42 Å². The van der Waals surface area contributed by atoms with Gasteiger partial charge in [-0.2, -0.15) is 0 Å². The van der Waals surface area contributed by atoms with Crippen LogP contribution in [0.25, 0.3) is 11.3 Å². The number of carbonyl (C=O) groups excluding carboxylic acids is 1. The summed E-state index contributed by atoms with van der Waals surface area (Å²) in [6.45, 7) is 2.02. The lowest BCUT2D eigenvalue weighted by molar-refractivity contribution is -0.131. The molecule has 0 unspecified atom stereocenters. The summed E-state index contributed by atoms with van der Waals surface area (Å²) in [6, 6.07) is 9.72. The predicted octanol–water partition coefficient (Wildman–Crippen LogP) is 2.95. The van der Waals surface area contributed by atoms with E-state index in [9.17, 15) is 9.59 Å². The molecule has 1 amide bonds. The molecule has 108 valence electrons. The molecule has 2 rings (SSSR count). The SMILES string of the molecule is CCc1sc(NC(=O)/C=C/C(=O)O)nc1-c1ccccc1. The Morgan fingerprint density at radius 3 is 2.62 bits per heavy atom. The van der Waals surface area contributed by atoms with Crippen LogP contribution in [0.2, 0.25) is 0 Å². The van der Waals surface area contributed by atoms with Crippen LogP contribution in [0.15, 0.2) is 42.5 Å². The first-order valence-electron chi connectivity index (χ1n) is 6.37. The van der Waals surface area contributed by atoms with Crippen molar-refractivity contribution in [3.05, 3.63) is 47.4 Å². The number of anilines is 1. The van der Waals surface area contributed by atoms with E-state index in [-0.39, 0.29) is 0 Å². The third-order valence-corrected chi connectivity index (χ3v) is 3.79. The summed E-state index contributed by atoms with van der Waals surface area (Å²) in [5, 5.41) is 11.5. The van der Waals surface area contributed by atoms with E-state index in [0.717, 1.165) is 34.7 Å². The van der Waals surface area contributed by atoms with Crippen LogP contribution in [0, 0.1) is 0 Å². The number of carbonyl (C=O) groups is 2. The van der Waals surface area contributed by atoms with Gasteiger partial charge in [0.05, 0.1) is 5.69 Å². The molecule has 2 aromatic rings. The Bertz CT molecular complexity index is 677. The van der Waals surface area contributed by atoms with Gasteiger partial charge in [0.15, 0.2) is 5.13 Å². The number of carboxylic acid groups (broad SMARTS) is 1. The van der Waals surface area contributed by atoms with Crippen molar-refractivity contribution in [1.82, 2.24) is 4.98 Å². The highest BCUT2D eigenvalue weighted by atomic mass is 32.1. The second-order valence-corrected chi connectivity index (χ2v) is 5.25. The molecule has 6 heteroatoms. The number of benzene rings is 1. The van der Waals surface area contributed by atoms with Crippen molar-refractivity contribution in [2.45, 2.75) is 13.3 Å². The standard InChI is InChI=1S/C15H14N2O3S/c1-2-11-14(10-6-4-3-5-7-10)17-15(21-11)16-12(18)8-9-13(19)20/h3-9H,2H2,1H3,(H,19,20)(H,16,17,18)/b9-8+. The first-order chi connectivity index (χ1) is 10.1. The molecule has 0 aliphatic rings. The first kappa shape index (κ1) is 14.9. The van der Waals surface area contributed by atoms with Crippen molar-refractivity contribution in [2.75, 3.05) is 5.32 Å². The van der Waals surface area contributed by atoms with Gasteiger partial charge in [0.1, 0.15) is 0 Å². The minimum Gasteiger partial charge on any atom is -0.478 e. The first-order valence-corrected chi connectivity index (χ1v) is 7.19. The highest BCUT2D eigenvalue weighted by Crippen LogP contribution is 2.31. The Hall–Kier alpha value is -2.47. The molecular weight excluding hydrogens is 288 g/mol. The quantitative estimate of drug-likeness (QED) is 0.832. The van der Waals surface area contributed by atoms with Gasteiger partial charge in [-0.25, -0.2) is 9.78 Å². The lowest BCUT2D eigenvalue weighted by Crippen LogP contribution is -2.08. The van der Waals surface area contributed by atoms with Gasteiger partial charge in [-0.1, -0.05) is 37.3 Å². The molecule has 0 atom stereocenters. The van der Waals surface area contributed by atoms with Crippen molar-refractivity contribution < 1.29 is 14.7 Å². The number of nitrogens with zero attached hydrogens (tertiary/aromatic N) is 1. The van der Waals surface area contributed by atoms with Crippen LogP contribution in [0.4, 0.5) is 5.13 Å². The maximum Gasteiger partial charge on any atom is 0.328 e. The largest absolute Gasteiger partial charge is 0.478 e. The fourth-order valence-corrected chi connectivity index (χ4v) is 2.69. The normalized spacial score (nSPS) is 10.7. The molecule has 0 saturated heterocycles. The number of carboxylic acids is 1. The third-order valence-electron chi connectivity index (χ3n) is 2.67. The monoisotopic (exact) mass is 302 g/mol. The van der Waals surface area contributed by atoms with Crippen molar-refractivity contribution >= 4 is 28.3 Å². The number of aromatic nitrogens is 1. The van der Waals surface area contributed by atoms with Crippen LogP contribution >= 0.6 is 11.3 Å². The van der Waals surface area contributed by atoms with Crippen molar-refractivity contribution in [1.29, 1.82) is 0 Å². The number of nitrogens with one attached hydrogen (secondary N) is 1. The molecule has 1 aromatic carbocycles. The zero-order valence-electron chi connectivity index (χ0n) is 11.4. The van der Waals surface area contributed by atoms with Gasteiger partial charge < -0.3 is 5.11 Å². The maximum absolute atomic E-state index is 11.6. The number of aryl methyl sites for hydroxylation is 1. The smallest absolute Gasteiger partial charge is 0.328 e.